The maximum absolute atomic E-state index is 13.7. The van der Waals surface area contributed by atoms with E-state index in [0.29, 0.717) is 24.3 Å². The van der Waals surface area contributed by atoms with E-state index >= 15 is 0 Å². The predicted octanol–water partition coefficient (Wildman–Crippen LogP) is 5.14. The van der Waals surface area contributed by atoms with Crippen LogP contribution in [0.25, 0.3) is 0 Å². The molecule has 0 radical (unpaired) electrons. The predicted molar refractivity (Wildman–Crippen MR) is 151 cm³/mol. The number of carbonyl (C=O) groups excluding carboxylic acids is 4. The van der Waals surface area contributed by atoms with Gasteiger partial charge in [0.1, 0.15) is 11.5 Å². The van der Waals surface area contributed by atoms with Crippen LogP contribution < -0.4 is 9.47 Å². The van der Waals surface area contributed by atoms with E-state index in [4.69, 9.17) is 18.6 Å². The van der Waals surface area contributed by atoms with Crippen LogP contribution in [0, 0.1) is 5.92 Å². The number of rotatable bonds is 15. The van der Waals surface area contributed by atoms with E-state index in [1.807, 2.05) is 0 Å². The van der Waals surface area contributed by atoms with Gasteiger partial charge in [-0.1, -0.05) is 6.92 Å². The average molecular weight is 825 g/mol. The Morgan fingerprint density at radius 2 is 0.962 bits per heavy atom. The van der Waals surface area contributed by atoms with Gasteiger partial charge in [0, 0.05) is 6.42 Å². The molecule has 0 aliphatic rings. The van der Waals surface area contributed by atoms with Crippen LogP contribution in [0.4, 0.5) is 43.9 Å². The molecule has 26 heteroatoms. The van der Waals surface area contributed by atoms with Gasteiger partial charge in [-0.2, -0.15) is 60.7 Å². The Kier molecular flexibility index (Phi) is 13.6. The molecule has 0 fully saturated rings. The maximum atomic E-state index is 13.7. The zero-order valence-electron chi connectivity index (χ0n) is 25.9. The highest BCUT2D eigenvalue weighted by atomic mass is 32.2. The van der Waals surface area contributed by atoms with Gasteiger partial charge in [0.05, 0.1) is 17.0 Å². The van der Waals surface area contributed by atoms with Crippen molar-refractivity contribution in [1.29, 1.82) is 0 Å². The summed E-state index contributed by atoms with van der Waals surface area (Å²) < 4.78 is 210. The SMILES string of the molecule is CCC(CCC(=O)Oc1ccc(C(=O)OC(C(F)(F)F)C(F)(F)S(=O)(=O)O)cc1)C(=O)Oc1ccc(C(=O)OC(C(F)(F)F)C(F)(F)S(=O)(=O)O)cc1. The van der Waals surface area contributed by atoms with Crippen LogP contribution in [0.1, 0.15) is 46.9 Å². The first-order chi connectivity index (χ1) is 23.9. The Bertz CT molecular complexity index is 1880. The number of carbonyl (C=O) groups is 4. The number of alkyl halides is 10. The molecule has 0 aliphatic heterocycles. The van der Waals surface area contributed by atoms with Crippen molar-refractivity contribution >= 4 is 44.1 Å². The summed E-state index contributed by atoms with van der Waals surface area (Å²) in [5, 5.41) is -12.0. The number of hydrogen-bond donors (Lipinski definition) is 2. The van der Waals surface area contributed by atoms with Crippen LogP contribution >= 0.6 is 0 Å². The normalized spacial score (nSPS) is 14.7. The van der Waals surface area contributed by atoms with Gasteiger partial charge in [-0.25, -0.2) is 9.59 Å². The summed E-state index contributed by atoms with van der Waals surface area (Å²) in [6.45, 7) is 1.47. The molecule has 3 atom stereocenters. The second-order valence-electron chi connectivity index (χ2n) is 10.3. The van der Waals surface area contributed by atoms with Gasteiger partial charge in [-0.15, -0.1) is 0 Å². The largest absolute Gasteiger partial charge is 0.441 e. The van der Waals surface area contributed by atoms with Crippen LogP contribution in [-0.4, -0.2) is 84.9 Å². The fourth-order valence-electron chi connectivity index (χ4n) is 3.75. The lowest BCUT2D eigenvalue weighted by Gasteiger charge is -2.26. The van der Waals surface area contributed by atoms with Crippen molar-refractivity contribution in [3.05, 3.63) is 59.7 Å². The van der Waals surface area contributed by atoms with E-state index in [9.17, 15) is 79.9 Å². The number of hydrogen-bond acceptors (Lipinski definition) is 12. The molecule has 2 aromatic rings. The Labute approximate surface area is 290 Å². The second-order valence-corrected chi connectivity index (χ2v) is 13.3. The van der Waals surface area contributed by atoms with Crippen molar-refractivity contribution in [3.8, 4) is 11.5 Å². The van der Waals surface area contributed by atoms with E-state index in [0.717, 1.165) is 24.3 Å². The van der Waals surface area contributed by atoms with Gasteiger partial charge in [-0.05, 0) is 61.4 Å². The minimum absolute atomic E-state index is 0.0314. The molecular formula is C27H22F10O14S2. The molecule has 2 N–H and O–H groups in total. The number of ether oxygens (including phenoxy) is 4. The molecule has 2 aromatic carbocycles. The van der Waals surface area contributed by atoms with Crippen molar-refractivity contribution in [3.63, 3.8) is 0 Å². The minimum atomic E-state index is -6.69. The highest BCUT2D eigenvalue weighted by molar-refractivity contribution is 7.87. The number of halogens is 10. The quantitative estimate of drug-likeness (QED) is 0.103. The molecule has 0 aliphatic carbocycles. The fourth-order valence-corrected chi connectivity index (χ4v) is 4.66. The first kappa shape index (κ1) is 44.6. The molecular weight excluding hydrogens is 802 g/mol. The molecule has 3 unspecified atom stereocenters. The number of benzene rings is 2. The highest BCUT2D eigenvalue weighted by Crippen LogP contribution is 2.40. The highest BCUT2D eigenvalue weighted by Gasteiger charge is 2.67. The summed E-state index contributed by atoms with van der Waals surface area (Å²) in [6, 6.07) is 5.80. The Morgan fingerprint density at radius 3 is 1.26 bits per heavy atom. The smallest absolute Gasteiger partial charge is 0.432 e. The lowest BCUT2D eigenvalue weighted by molar-refractivity contribution is -0.248. The molecule has 296 valence electrons. The lowest BCUT2D eigenvalue weighted by atomic mass is 10.0. The molecule has 0 saturated heterocycles. The molecule has 53 heavy (non-hydrogen) atoms. The van der Waals surface area contributed by atoms with Gasteiger partial charge >= 0.3 is 67.0 Å². The van der Waals surface area contributed by atoms with E-state index in [-0.39, 0.29) is 24.3 Å². The zero-order valence-corrected chi connectivity index (χ0v) is 27.5. The molecule has 0 bridgehead atoms. The first-order valence-corrected chi connectivity index (χ1v) is 16.7. The van der Waals surface area contributed by atoms with Crippen molar-refractivity contribution in [2.24, 2.45) is 5.92 Å². The Morgan fingerprint density at radius 1 is 0.623 bits per heavy atom. The molecule has 0 heterocycles. The summed E-state index contributed by atoms with van der Waals surface area (Å²) in [5.74, 6) is -8.01. The van der Waals surface area contributed by atoms with Crippen LogP contribution in [0.15, 0.2) is 48.5 Å². The van der Waals surface area contributed by atoms with E-state index in [1.54, 1.807) is 0 Å². The summed E-state index contributed by atoms with van der Waals surface area (Å²) >= 11 is 0. The standard InChI is InChI=1S/C27H22F10O14S2/c1-2-13(19(39)49-17-10-5-15(6-11-17)21(41)51-23(25(31,32)33)27(36,37)53(45,46)47)7-12-18(38)48-16-8-3-14(4-9-16)20(40)50-22(24(28,29)30)26(34,35)52(42,43)44/h3-6,8-11,13,22-23H,2,7,12H2,1H3,(H,42,43,44)(H,45,46,47). The lowest BCUT2D eigenvalue weighted by Crippen LogP contribution is -2.52. The average Bonchev–Trinajstić information content (AvgIpc) is 3.00. The molecule has 14 nitrogen and oxygen atoms in total. The molecule has 0 spiro atoms. The monoisotopic (exact) mass is 824 g/mol. The van der Waals surface area contributed by atoms with E-state index < -0.39 is 103 Å². The van der Waals surface area contributed by atoms with Gasteiger partial charge in [0.25, 0.3) is 12.2 Å². The molecule has 0 saturated carbocycles. The van der Waals surface area contributed by atoms with E-state index in [1.165, 1.54) is 6.92 Å². The molecule has 2 rings (SSSR count). The summed E-state index contributed by atoms with van der Waals surface area (Å²) in [7, 11) is -13.4. The third-order valence-corrected chi connectivity index (χ3v) is 8.30. The Balaban J connectivity index is 2.01. The first-order valence-electron chi connectivity index (χ1n) is 13.8. The fraction of sp³-hybridized carbons (Fsp3) is 0.407. The summed E-state index contributed by atoms with van der Waals surface area (Å²) in [6.07, 6.45) is -22.2. The topological polar surface area (TPSA) is 214 Å². The van der Waals surface area contributed by atoms with E-state index in [2.05, 4.69) is 9.47 Å². The minimum Gasteiger partial charge on any atom is -0.441 e. The van der Waals surface area contributed by atoms with Crippen molar-refractivity contribution < 1.29 is 108 Å². The number of esters is 4. The van der Waals surface area contributed by atoms with Crippen LogP contribution in [0.3, 0.4) is 0 Å². The van der Waals surface area contributed by atoms with Crippen LogP contribution in [0.2, 0.25) is 0 Å². The van der Waals surface area contributed by atoms with Gasteiger partial charge in [-0.3, -0.25) is 18.7 Å². The zero-order chi connectivity index (χ0) is 41.0. The molecule has 0 amide bonds. The van der Waals surface area contributed by atoms with Crippen molar-refractivity contribution in [1.82, 2.24) is 0 Å². The molecule has 0 aromatic heterocycles. The van der Waals surface area contributed by atoms with Gasteiger partial charge < -0.3 is 18.9 Å². The van der Waals surface area contributed by atoms with Crippen molar-refractivity contribution in [2.45, 2.75) is 61.3 Å². The third kappa shape index (κ3) is 11.5. The summed E-state index contributed by atoms with van der Waals surface area (Å²) in [5.41, 5.74) is -1.71. The van der Waals surface area contributed by atoms with Gasteiger partial charge in [0.15, 0.2) is 0 Å². The maximum Gasteiger partial charge on any atom is 0.432 e. The van der Waals surface area contributed by atoms with Gasteiger partial charge in [0.2, 0.25) is 0 Å². The second kappa shape index (κ2) is 16.2. The third-order valence-electron chi connectivity index (χ3n) is 6.50. The summed E-state index contributed by atoms with van der Waals surface area (Å²) in [4.78, 5) is 48.9. The van der Waals surface area contributed by atoms with Crippen LogP contribution in [-0.2, 0) is 39.3 Å². The van der Waals surface area contributed by atoms with Crippen molar-refractivity contribution in [2.75, 3.05) is 0 Å². The Hall–Kier alpha value is -4.56. The van der Waals surface area contributed by atoms with Crippen LogP contribution in [0.5, 0.6) is 11.5 Å².